The SMILES string of the molecule is C/C=C/C=C/C(=O)NCc1cn2cc(Cl)ccc2n1. The highest BCUT2D eigenvalue weighted by Gasteiger charge is 2.03. The molecule has 0 saturated carbocycles. The van der Waals surface area contributed by atoms with Crippen molar-refractivity contribution >= 4 is 23.2 Å². The fraction of sp³-hybridized carbons (Fsp3) is 0.143. The lowest BCUT2D eigenvalue weighted by Crippen LogP contribution is -2.20. The maximum Gasteiger partial charge on any atom is 0.244 e. The minimum absolute atomic E-state index is 0.145. The molecule has 0 aliphatic heterocycles. The van der Waals surface area contributed by atoms with Gasteiger partial charge in [0.2, 0.25) is 5.91 Å². The molecule has 1 amide bonds. The maximum atomic E-state index is 11.5. The number of imidazole rings is 1. The molecule has 98 valence electrons. The number of carbonyl (C=O) groups excluding carboxylic acids is 1. The minimum atomic E-state index is -0.145. The Balaban J connectivity index is 2.00. The third-order valence-corrected chi connectivity index (χ3v) is 2.68. The van der Waals surface area contributed by atoms with Gasteiger partial charge in [0.1, 0.15) is 5.65 Å². The summed E-state index contributed by atoms with van der Waals surface area (Å²) in [7, 11) is 0. The molecule has 0 aliphatic rings. The van der Waals surface area contributed by atoms with Gasteiger partial charge in [-0.1, -0.05) is 29.8 Å². The third kappa shape index (κ3) is 3.69. The maximum absolute atomic E-state index is 11.5. The zero-order valence-electron chi connectivity index (χ0n) is 10.5. The molecule has 0 fully saturated rings. The highest BCUT2D eigenvalue weighted by atomic mass is 35.5. The van der Waals surface area contributed by atoms with E-state index in [-0.39, 0.29) is 5.91 Å². The number of pyridine rings is 1. The largest absolute Gasteiger partial charge is 0.347 e. The molecule has 0 saturated heterocycles. The smallest absolute Gasteiger partial charge is 0.244 e. The van der Waals surface area contributed by atoms with Crippen LogP contribution in [0.1, 0.15) is 12.6 Å². The molecule has 0 aliphatic carbocycles. The molecular weight excluding hydrogens is 262 g/mol. The third-order valence-electron chi connectivity index (χ3n) is 2.46. The Morgan fingerprint density at radius 2 is 2.26 bits per heavy atom. The number of hydrogen-bond acceptors (Lipinski definition) is 2. The van der Waals surface area contributed by atoms with Gasteiger partial charge >= 0.3 is 0 Å². The first-order chi connectivity index (χ1) is 9.19. The molecule has 0 bridgehead atoms. The first-order valence-electron chi connectivity index (χ1n) is 5.89. The zero-order chi connectivity index (χ0) is 13.7. The van der Waals surface area contributed by atoms with Crippen LogP contribution in [0.4, 0.5) is 0 Å². The number of amides is 1. The summed E-state index contributed by atoms with van der Waals surface area (Å²) in [6.45, 7) is 2.28. The van der Waals surface area contributed by atoms with Gasteiger partial charge in [-0.15, -0.1) is 0 Å². The number of allylic oxidation sites excluding steroid dienone is 3. The van der Waals surface area contributed by atoms with Crippen LogP contribution >= 0.6 is 11.6 Å². The van der Waals surface area contributed by atoms with Crippen molar-refractivity contribution in [1.29, 1.82) is 0 Å². The first-order valence-corrected chi connectivity index (χ1v) is 6.27. The molecule has 4 nitrogen and oxygen atoms in total. The van der Waals surface area contributed by atoms with E-state index in [4.69, 9.17) is 11.6 Å². The second-order valence-electron chi connectivity index (χ2n) is 3.95. The number of nitrogens with zero attached hydrogens (tertiary/aromatic N) is 2. The summed E-state index contributed by atoms with van der Waals surface area (Å²) in [5, 5.41) is 3.41. The van der Waals surface area contributed by atoms with Crippen molar-refractivity contribution in [3.05, 3.63) is 59.5 Å². The van der Waals surface area contributed by atoms with E-state index in [1.807, 2.05) is 29.7 Å². The molecule has 0 atom stereocenters. The molecule has 0 spiro atoms. The lowest BCUT2D eigenvalue weighted by atomic mass is 10.4. The van der Waals surface area contributed by atoms with Gasteiger partial charge in [-0.3, -0.25) is 4.79 Å². The Morgan fingerprint density at radius 3 is 3.05 bits per heavy atom. The summed E-state index contributed by atoms with van der Waals surface area (Å²) in [5.74, 6) is -0.145. The van der Waals surface area contributed by atoms with Crippen LogP contribution in [-0.4, -0.2) is 15.3 Å². The number of halogens is 1. The van der Waals surface area contributed by atoms with E-state index in [1.54, 1.807) is 24.4 Å². The van der Waals surface area contributed by atoms with Crippen LogP contribution in [0.15, 0.2) is 48.8 Å². The Labute approximate surface area is 116 Å². The predicted octanol–water partition coefficient (Wildman–Crippen LogP) is 2.74. The average molecular weight is 276 g/mol. The van der Waals surface area contributed by atoms with Gasteiger partial charge in [-0.2, -0.15) is 0 Å². The molecule has 0 radical (unpaired) electrons. The second kappa shape index (κ2) is 6.20. The van der Waals surface area contributed by atoms with Gasteiger partial charge in [0.25, 0.3) is 0 Å². The van der Waals surface area contributed by atoms with E-state index >= 15 is 0 Å². The molecular formula is C14H14ClN3O. The second-order valence-corrected chi connectivity index (χ2v) is 4.38. The van der Waals surface area contributed by atoms with E-state index in [2.05, 4.69) is 10.3 Å². The lowest BCUT2D eigenvalue weighted by Gasteiger charge is -1.97. The summed E-state index contributed by atoms with van der Waals surface area (Å²) >= 11 is 5.89. The molecule has 5 heteroatoms. The van der Waals surface area contributed by atoms with Gasteiger partial charge in [-0.05, 0) is 19.1 Å². The van der Waals surface area contributed by atoms with Gasteiger partial charge in [0, 0.05) is 18.5 Å². The fourth-order valence-electron chi connectivity index (χ4n) is 1.59. The summed E-state index contributed by atoms with van der Waals surface area (Å²) < 4.78 is 1.83. The van der Waals surface area contributed by atoms with Crippen molar-refractivity contribution in [2.75, 3.05) is 0 Å². The highest BCUT2D eigenvalue weighted by molar-refractivity contribution is 6.30. The van der Waals surface area contributed by atoms with Crippen molar-refractivity contribution in [2.45, 2.75) is 13.5 Å². The number of nitrogens with one attached hydrogen (secondary N) is 1. The topological polar surface area (TPSA) is 46.4 Å². The van der Waals surface area contributed by atoms with Gasteiger partial charge in [-0.25, -0.2) is 4.98 Å². The van der Waals surface area contributed by atoms with Crippen LogP contribution in [0, 0.1) is 0 Å². The molecule has 0 aromatic carbocycles. The summed E-state index contributed by atoms with van der Waals surface area (Å²) in [6, 6.07) is 3.62. The van der Waals surface area contributed by atoms with Gasteiger partial charge < -0.3 is 9.72 Å². The van der Waals surface area contributed by atoms with Crippen LogP contribution in [0.3, 0.4) is 0 Å². The van der Waals surface area contributed by atoms with Crippen LogP contribution in [-0.2, 0) is 11.3 Å². The zero-order valence-corrected chi connectivity index (χ0v) is 11.3. The molecule has 0 unspecified atom stereocenters. The molecule has 2 heterocycles. The van der Waals surface area contributed by atoms with Crippen molar-refractivity contribution < 1.29 is 4.79 Å². The van der Waals surface area contributed by atoms with Crippen molar-refractivity contribution in [3.8, 4) is 0 Å². The van der Waals surface area contributed by atoms with Gasteiger partial charge in [0.05, 0.1) is 17.3 Å². The number of aromatic nitrogens is 2. The number of hydrogen-bond donors (Lipinski definition) is 1. The Hall–Kier alpha value is -2.07. The number of carbonyl (C=O) groups is 1. The van der Waals surface area contributed by atoms with Crippen molar-refractivity contribution in [2.24, 2.45) is 0 Å². The number of fused-ring (bicyclic) bond motifs is 1. The number of rotatable bonds is 4. The van der Waals surface area contributed by atoms with Crippen LogP contribution in [0.2, 0.25) is 5.02 Å². The monoisotopic (exact) mass is 275 g/mol. The van der Waals surface area contributed by atoms with E-state index in [9.17, 15) is 4.79 Å². The molecule has 1 N–H and O–H groups in total. The van der Waals surface area contributed by atoms with E-state index < -0.39 is 0 Å². The standard InChI is InChI=1S/C14H14ClN3O/c1-2-3-4-5-14(19)16-8-12-10-18-9-11(15)6-7-13(18)17-12/h2-7,9-10H,8H2,1H3,(H,16,19)/b3-2+,5-4+. The van der Waals surface area contributed by atoms with Crippen molar-refractivity contribution in [1.82, 2.24) is 14.7 Å². The summed E-state index contributed by atoms with van der Waals surface area (Å²) in [6.07, 6.45) is 10.5. The molecule has 2 aromatic heterocycles. The van der Waals surface area contributed by atoms with E-state index in [0.717, 1.165) is 11.3 Å². The van der Waals surface area contributed by atoms with Crippen LogP contribution < -0.4 is 5.32 Å². The van der Waals surface area contributed by atoms with E-state index in [1.165, 1.54) is 6.08 Å². The molecule has 2 aromatic rings. The molecule has 2 rings (SSSR count). The fourth-order valence-corrected chi connectivity index (χ4v) is 1.76. The summed E-state index contributed by atoms with van der Waals surface area (Å²) in [4.78, 5) is 15.8. The van der Waals surface area contributed by atoms with E-state index in [0.29, 0.717) is 11.6 Å². The highest BCUT2D eigenvalue weighted by Crippen LogP contribution is 2.11. The Kier molecular flexibility index (Phi) is 4.36. The van der Waals surface area contributed by atoms with Crippen LogP contribution in [0.25, 0.3) is 5.65 Å². The normalized spacial score (nSPS) is 11.7. The lowest BCUT2D eigenvalue weighted by molar-refractivity contribution is -0.116. The predicted molar refractivity (Wildman–Crippen MR) is 76.0 cm³/mol. The first kappa shape index (κ1) is 13.4. The van der Waals surface area contributed by atoms with Gasteiger partial charge in [0.15, 0.2) is 0 Å². The molecule has 19 heavy (non-hydrogen) atoms. The Morgan fingerprint density at radius 1 is 1.42 bits per heavy atom. The van der Waals surface area contributed by atoms with Crippen molar-refractivity contribution in [3.63, 3.8) is 0 Å². The average Bonchev–Trinajstić information content (AvgIpc) is 2.78. The van der Waals surface area contributed by atoms with Crippen LogP contribution in [0.5, 0.6) is 0 Å². The quantitative estimate of drug-likeness (QED) is 0.689. The Bertz CT molecular complexity index is 643. The minimum Gasteiger partial charge on any atom is -0.347 e. The summed E-state index contributed by atoms with van der Waals surface area (Å²) in [5.41, 5.74) is 1.59.